The van der Waals surface area contributed by atoms with Crippen LogP contribution in [0.2, 0.25) is 5.02 Å². The number of hydrogen-bond acceptors (Lipinski definition) is 4. The summed E-state index contributed by atoms with van der Waals surface area (Å²) in [5.74, 6) is 0.931. The van der Waals surface area contributed by atoms with Crippen molar-refractivity contribution in [2.75, 3.05) is 18.4 Å². The fourth-order valence-electron chi connectivity index (χ4n) is 4.15. The number of halogens is 1. The van der Waals surface area contributed by atoms with Crippen molar-refractivity contribution in [3.05, 3.63) is 69.2 Å². The van der Waals surface area contributed by atoms with Crippen LogP contribution in [0.3, 0.4) is 0 Å². The van der Waals surface area contributed by atoms with E-state index in [-0.39, 0.29) is 17.4 Å². The molecular formula is C25H27ClN4O3. The second-order valence-corrected chi connectivity index (χ2v) is 8.79. The highest BCUT2D eigenvalue weighted by Gasteiger charge is 2.17. The molecule has 1 saturated heterocycles. The maximum atomic E-state index is 12.1. The van der Waals surface area contributed by atoms with Crippen molar-refractivity contribution in [1.82, 2.24) is 14.9 Å². The van der Waals surface area contributed by atoms with E-state index in [1.54, 1.807) is 18.2 Å². The summed E-state index contributed by atoms with van der Waals surface area (Å²) in [6.07, 6.45) is 5.81. The number of carbonyl (C=O) groups is 2. The maximum absolute atomic E-state index is 12.1. The Morgan fingerprint density at radius 1 is 1.06 bits per heavy atom. The molecule has 1 fully saturated rings. The molecule has 172 valence electrons. The van der Waals surface area contributed by atoms with E-state index in [0.29, 0.717) is 41.0 Å². The van der Waals surface area contributed by atoms with Gasteiger partial charge in [-0.05, 0) is 55.5 Å². The molecule has 1 aromatic heterocycles. The second kappa shape index (κ2) is 10.6. The van der Waals surface area contributed by atoms with E-state index < -0.39 is 0 Å². The SMILES string of the molecule is O=C(CCCc1nc2ccccc2c(=O)[nH]1)N1CCCCC1.O=C1Cc2ccc(Cl)cc2N1. The quantitative estimate of drug-likeness (QED) is 0.605. The lowest BCUT2D eigenvalue weighted by Gasteiger charge is -2.26. The number of amides is 2. The van der Waals surface area contributed by atoms with E-state index in [1.165, 1.54) is 6.42 Å². The van der Waals surface area contributed by atoms with Gasteiger partial charge < -0.3 is 15.2 Å². The smallest absolute Gasteiger partial charge is 0.258 e. The van der Waals surface area contributed by atoms with Gasteiger partial charge in [-0.3, -0.25) is 14.4 Å². The fourth-order valence-corrected chi connectivity index (χ4v) is 4.32. The molecule has 2 aliphatic heterocycles. The highest BCUT2D eigenvalue weighted by atomic mass is 35.5. The maximum Gasteiger partial charge on any atom is 0.258 e. The van der Waals surface area contributed by atoms with Gasteiger partial charge in [0.1, 0.15) is 5.82 Å². The molecule has 7 nitrogen and oxygen atoms in total. The van der Waals surface area contributed by atoms with Gasteiger partial charge in [-0.25, -0.2) is 4.98 Å². The van der Waals surface area contributed by atoms with Crippen LogP contribution in [0.15, 0.2) is 47.3 Å². The Morgan fingerprint density at radius 2 is 1.85 bits per heavy atom. The van der Waals surface area contributed by atoms with Crippen LogP contribution in [-0.4, -0.2) is 39.8 Å². The summed E-state index contributed by atoms with van der Waals surface area (Å²) < 4.78 is 0. The number of aromatic amines is 1. The average Bonchev–Trinajstić information content (AvgIpc) is 3.19. The van der Waals surface area contributed by atoms with E-state index in [1.807, 2.05) is 29.2 Å². The standard InChI is InChI=1S/C17H21N3O2.C8H6ClNO/c21-16(20-11-4-1-5-12-20)10-6-9-15-18-14-8-3-2-7-13(14)17(22)19-15;9-6-2-1-5-3-8(11)10-7(5)4-6/h2-3,7-8H,1,4-6,9-12H2,(H,18,19,22);1-2,4H,3H2,(H,10,11). The van der Waals surface area contributed by atoms with Gasteiger partial charge in [0.25, 0.3) is 5.56 Å². The van der Waals surface area contributed by atoms with E-state index >= 15 is 0 Å². The molecule has 0 unspecified atom stereocenters. The van der Waals surface area contributed by atoms with Gasteiger partial charge in [0.05, 0.1) is 17.3 Å². The Labute approximate surface area is 197 Å². The number of aryl methyl sites for hydroxylation is 1. The Bertz CT molecular complexity index is 1220. The molecular weight excluding hydrogens is 440 g/mol. The van der Waals surface area contributed by atoms with Crippen molar-refractivity contribution in [3.63, 3.8) is 0 Å². The first kappa shape index (κ1) is 23.0. The number of carbonyl (C=O) groups excluding carboxylic acids is 2. The van der Waals surface area contributed by atoms with Gasteiger partial charge in [-0.15, -0.1) is 0 Å². The van der Waals surface area contributed by atoms with Crippen LogP contribution in [0.1, 0.15) is 43.5 Å². The van der Waals surface area contributed by atoms with Crippen LogP contribution < -0.4 is 10.9 Å². The van der Waals surface area contributed by atoms with Gasteiger partial charge in [-0.1, -0.05) is 29.8 Å². The number of benzene rings is 2. The van der Waals surface area contributed by atoms with Gasteiger partial charge in [-0.2, -0.15) is 0 Å². The van der Waals surface area contributed by atoms with Crippen LogP contribution >= 0.6 is 11.6 Å². The van der Waals surface area contributed by atoms with Crippen molar-refractivity contribution in [2.24, 2.45) is 0 Å². The van der Waals surface area contributed by atoms with E-state index in [4.69, 9.17) is 11.6 Å². The largest absolute Gasteiger partial charge is 0.343 e. The summed E-state index contributed by atoms with van der Waals surface area (Å²) in [6, 6.07) is 12.7. The average molecular weight is 467 g/mol. The molecule has 3 aromatic rings. The van der Waals surface area contributed by atoms with Crippen molar-refractivity contribution >= 4 is 40.0 Å². The third kappa shape index (κ3) is 5.99. The third-order valence-electron chi connectivity index (χ3n) is 5.87. The van der Waals surface area contributed by atoms with Crippen LogP contribution in [0.4, 0.5) is 5.69 Å². The monoisotopic (exact) mass is 466 g/mol. The Kier molecular flexibility index (Phi) is 7.40. The number of anilines is 1. The zero-order chi connectivity index (χ0) is 23.2. The normalized spacial score (nSPS) is 14.9. The lowest BCUT2D eigenvalue weighted by atomic mass is 10.1. The number of fused-ring (bicyclic) bond motifs is 2. The summed E-state index contributed by atoms with van der Waals surface area (Å²) in [6.45, 7) is 1.79. The first-order valence-electron chi connectivity index (χ1n) is 11.3. The molecule has 0 atom stereocenters. The van der Waals surface area contributed by atoms with Gasteiger partial charge >= 0.3 is 0 Å². The number of nitrogens with one attached hydrogen (secondary N) is 2. The van der Waals surface area contributed by atoms with Gasteiger partial charge in [0.15, 0.2) is 0 Å². The second-order valence-electron chi connectivity index (χ2n) is 8.35. The van der Waals surface area contributed by atoms with Crippen molar-refractivity contribution in [1.29, 1.82) is 0 Å². The molecule has 2 amide bonds. The fraction of sp³-hybridized carbons (Fsp3) is 0.360. The number of aromatic nitrogens is 2. The molecule has 0 aliphatic carbocycles. The number of hydrogen-bond donors (Lipinski definition) is 2. The van der Waals surface area contributed by atoms with E-state index in [0.717, 1.165) is 43.6 Å². The highest BCUT2D eigenvalue weighted by Crippen LogP contribution is 2.25. The number of H-pyrrole nitrogens is 1. The van der Waals surface area contributed by atoms with Gasteiger partial charge in [0.2, 0.25) is 11.8 Å². The minimum atomic E-state index is -0.108. The van der Waals surface area contributed by atoms with Crippen molar-refractivity contribution < 1.29 is 9.59 Å². The molecule has 2 N–H and O–H groups in total. The van der Waals surface area contributed by atoms with E-state index in [2.05, 4.69) is 15.3 Å². The van der Waals surface area contributed by atoms with Crippen LogP contribution in [0.25, 0.3) is 10.9 Å². The van der Waals surface area contributed by atoms with Crippen LogP contribution in [0.5, 0.6) is 0 Å². The summed E-state index contributed by atoms with van der Waals surface area (Å²) in [7, 11) is 0. The number of rotatable bonds is 4. The minimum absolute atomic E-state index is 0.0438. The summed E-state index contributed by atoms with van der Waals surface area (Å²) in [4.78, 5) is 44.2. The Morgan fingerprint density at radius 3 is 2.67 bits per heavy atom. The zero-order valence-corrected chi connectivity index (χ0v) is 19.2. The minimum Gasteiger partial charge on any atom is -0.343 e. The molecule has 2 aromatic carbocycles. The lowest BCUT2D eigenvalue weighted by Crippen LogP contribution is -2.35. The number of para-hydroxylation sites is 1. The molecule has 2 aliphatic rings. The topological polar surface area (TPSA) is 95.2 Å². The number of likely N-dealkylation sites (tertiary alicyclic amines) is 1. The molecule has 0 spiro atoms. The highest BCUT2D eigenvalue weighted by molar-refractivity contribution is 6.31. The predicted octanol–water partition coefficient (Wildman–Crippen LogP) is 4.09. The molecule has 0 saturated carbocycles. The lowest BCUT2D eigenvalue weighted by molar-refractivity contribution is -0.132. The number of piperidine rings is 1. The molecule has 3 heterocycles. The van der Waals surface area contributed by atoms with Crippen LogP contribution in [0, 0.1) is 0 Å². The first-order chi connectivity index (χ1) is 16.0. The van der Waals surface area contributed by atoms with E-state index in [9.17, 15) is 14.4 Å². The summed E-state index contributed by atoms with van der Waals surface area (Å²) in [5.41, 5.74) is 2.48. The van der Waals surface area contributed by atoms with Gasteiger partial charge in [0, 0.05) is 36.6 Å². The molecule has 8 heteroatoms. The molecule has 0 radical (unpaired) electrons. The molecule has 33 heavy (non-hydrogen) atoms. The zero-order valence-electron chi connectivity index (χ0n) is 18.4. The number of nitrogens with zero attached hydrogens (tertiary/aromatic N) is 2. The third-order valence-corrected chi connectivity index (χ3v) is 6.11. The Balaban J connectivity index is 0.000000196. The van der Waals surface area contributed by atoms with Crippen molar-refractivity contribution in [2.45, 2.75) is 44.9 Å². The van der Waals surface area contributed by atoms with Crippen molar-refractivity contribution in [3.8, 4) is 0 Å². The van der Waals surface area contributed by atoms with Crippen LogP contribution in [-0.2, 0) is 22.4 Å². The Hall–Kier alpha value is -3.19. The molecule has 0 bridgehead atoms. The summed E-state index contributed by atoms with van der Waals surface area (Å²) in [5, 5.41) is 3.98. The molecule has 5 rings (SSSR count). The summed E-state index contributed by atoms with van der Waals surface area (Å²) >= 11 is 5.72. The first-order valence-corrected chi connectivity index (χ1v) is 11.7. The predicted molar refractivity (Wildman–Crippen MR) is 130 cm³/mol.